The topological polar surface area (TPSA) is 58.6 Å². The van der Waals surface area contributed by atoms with Gasteiger partial charge in [0, 0.05) is 30.8 Å². The Bertz CT molecular complexity index is 569. The number of carbonyl (C=O) groups excluding carboxylic acids is 2. The van der Waals surface area contributed by atoms with Crippen molar-refractivity contribution in [3.8, 4) is 5.75 Å². The normalized spacial score (nSPS) is 17.4. The second-order valence-electron chi connectivity index (χ2n) is 6.28. The van der Waals surface area contributed by atoms with E-state index in [1.807, 2.05) is 36.1 Å². The number of carbonyl (C=O) groups is 2. The molecular formula is C19H28N2O3. The monoisotopic (exact) mass is 332 g/mol. The molecule has 1 aromatic rings. The summed E-state index contributed by atoms with van der Waals surface area (Å²) >= 11 is 0. The van der Waals surface area contributed by atoms with Crippen molar-refractivity contribution >= 4 is 17.5 Å². The lowest BCUT2D eigenvalue weighted by Crippen LogP contribution is -2.36. The van der Waals surface area contributed by atoms with Crippen LogP contribution in [0.3, 0.4) is 0 Å². The Morgan fingerprint density at radius 1 is 1.33 bits per heavy atom. The third-order valence-electron chi connectivity index (χ3n) is 4.49. The quantitative estimate of drug-likeness (QED) is 0.793. The minimum Gasteiger partial charge on any atom is -0.494 e. The van der Waals surface area contributed by atoms with E-state index in [1.165, 1.54) is 0 Å². The average molecular weight is 332 g/mol. The Kier molecular flexibility index (Phi) is 6.64. The lowest BCUT2D eigenvalue weighted by atomic mass is 10.1. The summed E-state index contributed by atoms with van der Waals surface area (Å²) in [7, 11) is 0. The lowest BCUT2D eigenvalue weighted by molar-refractivity contribution is -0.130. The molecule has 1 aliphatic rings. The fourth-order valence-corrected chi connectivity index (χ4v) is 3.12. The van der Waals surface area contributed by atoms with Crippen LogP contribution in [0.25, 0.3) is 0 Å². The molecule has 1 unspecified atom stereocenters. The third kappa shape index (κ3) is 4.49. The van der Waals surface area contributed by atoms with Crippen LogP contribution in [0.1, 0.15) is 46.5 Å². The van der Waals surface area contributed by atoms with Gasteiger partial charge in [-0.1, -0.05) is 26.8 Å². The van der Waals surface area contributed by atoms with Gasteiger partial charge in [-0.3, -0.25) is 9.59 Å². The van der Waals surface area contributed by atoms with Gasteiger partial charge in [-0.05, 0) is 31.4 Å². The minimum absolute atomic E-state index is 0.0869. The Labute approximate surface area is 144 Å². The number of hydrogen-bond donors (Lipinski definition) is 1. The summed E-state index contributed by atoms with van der Waals surface area (Å²) in [6, 6.07) is 7.63. The van der Waals surface area contributed by atoms with E-state index < -0.39 is 0 Å². The number of ether oxygens (including phenoxy) is 1. The minimum atomic E-state index is -0.279. The first-order chi connectivity index (χ1) is 11.6. The van der Waals surface area contributed by atoms with Gasteiger partial charge in [-0.25, -0.2) is 0 Å². The van der Waals surface area contributed by atoms with Crippen molar-refractivity contribution in [1.82, 2.24) is 4.90 Å². The first-order valence-corrected chi connectivity index (χ1v) is 8.92. The van der Waals surface area contributed by atoms with Crippen molar-refractivity contribution < 1.29 is 14.3 Å². The second-order valence-corrected chi connectivity index (χ2v) is 6.28. The van der Waals surface area contributed by atoms with E-state index in [0.717, 1.165) is 25.0 Å². The van der Waals surface area contributed by atoms with E-state index in [9.17, 15) is 9.59 Å². The zero-order valence-electron chi connectivity index (χ0n) is 14.9. The number of hydrogen-bond acceptors (Lipinski definition) is 3. The average Bonchev–Trinajstić information content (AvgIpc) is 2.96. The Morgan fingerprint density at radius 3 is 2.75 bits per heavy atom. The van der Waals surface area contributed by atoms with E-state index in [-0.39, 0.29) is 23.8 Å². The predicted molar refractivity (Wildman–Crippen MR) is 95.0 cm³/mol. The number of nitrogens with zero attached hydrogens (tertiary/aromatic N) is 1. The number of amides is 2. The highest BCUT2D eigenvalue weighted by molar-refractivity contribution is 5.97. The standard InChI is InChI=1S/C19H28N2O3/c1-4-10-24-17-9-7-8-15(12-17)20-19(23)14-11-18(22)21(13-14)16(5-2)6-3/h7-9,12,14,16H,4-6,10-11,13H2,1-3H3,(H,20,23). The van der Waals surface area contributed by atoms with E-state index in [4.69, 9.17) is 4.74 Å². The molecule has 1 N–H and O–H groups in total. The van der Waals surface area contributed by atoms with Crippen LogP contribution in [0.5, 0.6) is 5.75 Å². The number of anilines is 1. The maximum absolute atomic E-state index is 12.5. The molecule has 1 heterocycles. The molecule has 0 radical (unpaired) electrons. The van der Waals surface area contributed by atoms with Crippen molar-refractivity contribution in [3.05, 3.63) is 24.3 Å². The summed E-state index contributed by atoms with van der Waals surface area (Å²) in [5.41, 5.74) is 0.710. The molecule has 0 aliphatic carbocycles. The molecule has 5 heteroatoms. The maximum Gasteiger partial charge on any atom is 0.229 e. The Morgan fingerprint density at radius 2 is 2.08 bits per heavy atom. The molecular weight excluding hydrogens is 304 g/mol. The van der Waals surface area contributed by atoms with Crippen molar-refractivity contribution in [2.75, 3.05) is 18.5 Å². The largest absolute Gasteiger partial charge is 0.494 e. The molecule has 132 valence electrons. The summed E-state index contributed by atoms with van der Waals surface area (Å²) in [4.78, 5) is 26.6. The van der Waals surface area contributed by atoms with Crippen molar-refractivity contribution in [1.29, 1.82) is 0 Å². The Hall–Kier alpha value is -2.04. The highest BCUT2D eigenvalue weighted by Crippen LogP contribution is 2.25. The van der Waals surface area contributed by atoms with Gasteiger partial charge < -0.3 is 15.0 Å². The predicted octanol–water partition coefficient (Wildman–Crippen LogP) is 3.45. The fraction of sp³-hybridized carbons (Fsp3) is 0.579. The molecule has 1 saturated heterocycles. The second kappa shape index (κ2) is 8.71. The first kappa shape index (κ1) is 18.3. The third-order valence-corrected chi connectivity index (χ3v) is 4.49. The SMILES string of the molecule is CCCOc1cccc(NC(=O)C2CC(=O)N(C(CC)CC)C2)c1. The first-order valence-electron chi connectivity index (χ1n) is 8.92. The van der Waals surface area contributed by atoms with Crippen LogP contribution < -0.4 is 10.1 Å². The number of benzene rings is 1. The summed E-state index contributed by atoms with van der Waals surface area (Å²) < 4.78 is 5.58. The Balaban J connectivity index is 1.97. The van der Waals surface area contributed by atoms with Crippen molar-refractivity contribution in [2.24, 2.45) is 5.92 Å². The van der Waals surface area contributed by atoms with Crippen LogP contribution in [-0.2, 0) is 9.59 Å². The number of nitrogens with one attached hydrogen (secondary N) is 1. The fourth-order valence-electron chi connectivity index (χ4n) is 3.12. The summed E-state index contributed by atoms with van der Waals surface area (Å²) in [5, 5.41) is 2.92. The molecule has 2 amide bonds. The van der Waals surface area contributed by atoms with Gasteiger partial charge in [0.1, 0.15) is 5.75 Å². The van der Waals surface area contributed by atoms with Crippen LogP contribution in [-0.4, -0.2) is 35.9 Å². The van der Waals surface area contributed by atoms with E-state index in [1.54, 1.807) is 0 Å². The molecule has 1 fully saturated rings. The van der Waals surface area contributed by atoms with Crippen LogP contribution in [0.4, 0.5) is 5.69 Å². The molecule has 5 nitrogen and oxygen atoms in total. The summed E-state index contributed by atoms with van der Waals surface area (Å²) in [6.45, 7) is 7.38. The zero-order chi connectivity index (χ0) is 17.5. The van der Waals surface area contributed by atoms with E-state index in [2.05, 4.69) is 19.2 Å². The van der Waals surface area contributed by atoms with Gasteiger partial charge in [0.05, 0.1) is 12.5 Å². The van der Waals surface area contributed by atoms with Crippen LogP contribution in [0.15, 0.2) is 24.3 Å². The van der Waals surface area contributed by atoms with Gasteiger partial charge in [-0.15, -0.1) is 0 Å². The van der Waals surface area contributed by atoms with Gasteiger partial charge in [0.2, 0.25) is 11.8 Å². The number of rotatable bonds is 8. The van der Waals surface area contributed by atoms with Crippen molar-refractivity contribution in [3.63, 3.8) is 0 Å². The molecule has 0 saturated carbocycles. The van der Waals surface area contributed by atoms with Crippen LogP contribution >= 0.6 is 0 Å². The van der Waals surface area contributed by atoms with E-state index in [0.29, 0.717) is 25.3 Å². The molecule has 1 atom stereocenters. The summed E-state index contributed by atoms with van der Waals surface area (Å²) in [5.74, 6) is 0.461. The molecule has 1 aliphatic heterocycles. The smallest absolute Gasteiger partial charge is 0.229 e. The van der Waals surface area contributed by atoms with Gasteiger partial charge >= 0.3 is 0 Å². The highest BCUT2D eigenvalue weighted by atomic mass is 16.5. The molecule has 1 aromatic carbocycles. The lowest BCUT2D eigenvalue weighted by Gasteiger charge is -2.26. The van der Waals surface area contributed by atoms with Gasteiger partial charge in [0.15, 0.2) is 0 Å². The highest BCUT2D eigenvalue weighted by Gasteiger charge is 2.36. The molecule has 2 rings (SSSR count). The molecule has 0 bridgehead atoms. The van der Waals surface area contributed by atoms with Crippen molar-refractivity contribution in [2.45, 2.75) is 52.5 Å². The molecule has 0 spiro atoms. The van der Waals surface area contributed by atoms with Gasteiger partial charge in [-0.2, -0.15) is 0 Å². The van der Waals surface area contributed by atoms with E-state index >= 15 is 0 Å². The zero-order valence-corrected chi connectivity index (χ0v) is 14.9. The van der Waals surface area contributed by atoms with Crippen LogP contribution in [0.2, 0.25) is 0 Å². The maximum atomic E-state index is 12.5. The molecule has 24 heavy (non-hydrogen) atoms. The number of likely N-dealkylation sites (tertiary alicyclic amines) is 1. The van der Waals surface area contributed by atoms with Crippen LogP contribution in [0, 0.1) is 5.92 Å². The van der Waals surface area contributed by atoms with Gasteiger partial charge in [0.25, 0.3) is 0 Å². The molecule has 0 aromatic heterocycles. The summed E-state index contributed by atoms with van der Waals surface area (Å²) in [6.07, 6.45) is 3.09.